The van der Waals surface area contributed by atoms with Gasteiger partial charge in [-0.25, -0.2) is 4.98 Å². The predicted octanol–water partition coefficient (Wildman–Crippen LogP) is 2.38. The molecule has 0 amide bonds. The quantitative estimate of drug-likeness (QED) is 0.622. The fraction of sp³-hybridized carbons (Fsp3) is 0.571. The summed E-state index contributed by atoms with van der Waals surface area (Å²) in [7, 11) is 0. The summed E-state index contributed by atoms with van der Waals surface area (Å²) in [5.41, 5.74) is 6.70. The molecule has 3 N–H and O–H groups in total. The first-order valence-corrected chi connectivity index (χ1v) is 6.53. The lowest BCUT2D eigenvalue weighted by atomic mass is 9.85. The van der Waals surface area contributed by atoms with Crippen LogP contribution in [0.1, 0.15) is 38.7 Å². The number of nitrogens with zero attached hydrogens (tertiary/aromatic N) is 2. The van der Waals surface area contributed by atoms with Gasteiger partial charge in [0.1, 0.15) is 11.7 Å². The van der Waals surface area contributed by atoms with Crippen molar-refractivity contribution in [2.75, 3.05) is 18.0 Å². The number of aromatic nitrogens is 1. The average Bonchev–Trinajstić information content (AvgIpc) is 2.50. The van der Waals surface area contributed by atoms with Gasteiger partial charge in [-0.1, -0.05) is 13.8 Å². The number of amidine groups is 1. The van der Waals surface area contributed by atoms with Gasteiger partial charge in [-0.3, -0.25) is 5.41 Å². The van der Waals surface area contributed by atoms with Gasteiger partial charge in [-0.05, 0) is 36.8 Å². The van der Waals surface area contributed by atoms with Crippen LogP contribution in [0.5, 0.6) is 0 Å². The molecule has 0 radical (unpaired) electrons. The zero-order chi connectivity index (χ0) is 13.2. The molecule has 1 aliphatic heterocycles. The van der Waals surface area contributed by atoms with Gasteiger partial charge in [0, 0.05) is 24.8 Å². The Balaban J connectivity index is 2.16. The average molecular weight is 246 g/mol. The van der Waals surface area contributed by atoms with Crippen molar-refractivity contribution in [2.45, 2.75) is 33.1 Å². The van der Waals surface area contributed by atoms with Gasteiger partial charge in [0.25, 0.3) is 0 Å². The minimum atomic E-state index is 0.105. The molecule has 0 atom stereocenters. The molecule has 1 saturated heterocycles. The summed E-state index contributed by atoms with van der Waals surface area (Å²) in [6.07, 6.45) is 5.37. The van der Waals surface area contributed by atoms with Crippen LogP contribution in [-0.2, 0) is 0 Å². The number of rotatable bonds is 2. The van der Waals surface area contributed by atoms with E-state index in [0.29, 0.717) is 5.41 Å². The lowest BCUT2D eigenvalue weighted by Crippen LogP contribution is -2.26. The molecule has 0 bridgehead atoms. The van der Waals surface area contributed by atoms with Gasteiger partial charge in [-0.2, -0.15) is 0 Å². The van der Waals surface area contributed by atoms with E-state index in [0.717, 1.165) is 24.5 Å². The lowest BCUT2D eigenvalue weighted by molar-refractivity contribution is 0.325. The maximum absolute atomic E-state index is 7.48. The van der Waals surface area contributed by atoms with Crippen molar-refractivity contribution >= 4 is 11.7 Å². The van der Waals surface area contributed by atoms with Crippen molar-refractivity contribution < 1.29 is 0 Å². The lowest BCUT2D eigenvalue weighted by Gasteiger charge is -2.24. The first-order chi connectivity index (χ1) is 8.48. The Morgan fingerprint density at radius 2 is 2.17 bits per heavy atom. The monoisotopic (exact) mass is 246 g/mol. The largest absolute Gasteiger partial charge is 0.384 e. The van der Waals surface area contributed by atoms with E-state index in [4.69, 9.17) is 11.1 Å². The van der Waals surface area contributed by atoms with E-state index in [9.17, 15) is 0 Å². The van der Waals surface area contributed by atoms with Crippen LogP contribution in [0.25, 0.3) is 0 Å². The molecule has 0 saturated carbocycles. The number of nitrogens with one attached hydrogen (secondary N) is 1. The van der Waals surface area contributed by atoms with Crippen LogP contribution in [0.15, 0.2) is 18.3 Å². The van der Waals surface area contributed by atoms with Crippen LogP contribution >= 0.6 is 0 Å². The molecular weight excluding hydrogens is 224 g/mol. The third kappa shape index (κ3) is 3.00. The number of anilines is 1. The number of hydrogen-bond acceptors (Lipinski definition) is 3. The molecule has 18 heavy (non-hydrogen) atoms. The summed E-state index contributed by atoms with van der Waals surface area (Å²) in [4.78, 5) is 6.72. The Bertz CT molecular complexity index is 439. The van der Waals surface area contributed by atoms with E-state index in [2.05, 4.69) is 23.7 Å². The predicted molar refractivity (Wildman–Crippen MR) is 75.1 cm³/mol. The summed E-state index contributed by atoms with van der Waals surface area (Å²) in [6, 6.07) is 3.70. The van der Waals surface area contributed by atoms with E-state index in [1.54, 1.807) is 12.3 Å². The summed E-state index contributed by atoms with van der Waals surface area (Å²) < 4.78 is 0. The molecule has 0 aliphatic carbocycles. The minimum absolute atomic E-state index is 0.105. The van der Waals surface area contributed by atoms with E-state index in [-0.39, 0.29) is 5.84 Å². The van der Waals surface area contributed by atoms with Crippen LogP contribution in [0.3, 0.4) is 0 Å². The second-order valence-corrected chi connectivity index (χ2v) is 5.82. The van der Waals surface area contributed by atoms with Gasteiger partial charge < -0.3 is 10.6 Å². The Hall–Kier alpha value is -1.58. The van der Waals surface area contributed by atoms with Crippen molar-refractivity contribution in [3.63, 3.8) is 0 Å². The number of pyridine rings is 1. The highest BCUT2D eigenvalue weighted by Gasteiger charge is 2.23. The molecule has 4 heteroatoms. The first-order valence-electron chi connectivity index (χ1n) is 6.53. The maximum Gasteiger partial charge on any atom is 0.129 e. The van der Waals surface area contributed by atoms with Crippen LogP contribution in [0.4, 0.5) is 5.82 Å². The van der Waals surface area contributed by atoms with Crippen molar-refractivity contribution in [1.82, 2.24) is 4.98 Å². The van der Waals surface area contributed by atoms with Crippen LogP contribution in [0, 0.1) is 10.8 Å². The third-order valence-electron chi connectivity index (χ3n) is 3.72. The SMILES string of the molecule is CC1(C)CCCN(c2cc(C(=N)N)ccn2)CC1. The maximum atomic E-state index is 7.48. The van der Waals surface area contributed by atoms with E-state index < -0.39 is 0 Å². The molecule has 2 rings (SSSR count). The van der Waals surface area contributed by atoms with E-state index >= 15 is 0 Å². The van der Waals surface area contributed by atoms with Crippen molar-refractivity contribution in [3.05, 3.63) is 23.9 Å². The standard InChI is InChI=1S/C14H22N4/c1-14(2)5-3-8-18(9-6-14)12-10-11(13(15)16)4-7-17-12/h4,7,10H,3,5-6,8-9H2,1-2H3,(H3,15,16). The van der Waals surface area contributed by atoms with Crippen molar-refractivity contribution in [2.24, 2.45) is 11.1 Å². The molecule has 0 aromatic carbocycles. The Morgan fingerprint density at radius 3 is 2.89 bits per heavy atom. The van der Waals surface area contributed by atoms with Gasteiger partial charge in [0.2, 0.25) is 0 Å². The van der Waals surface area contributed by atoms with Crippen molar-refractivity contribution in [1.29, 1.82) is 5.41 Å². The first kappa shape index (κ1) is 12.9. The fourth-order valence-corrected chi connectivity index (χ4v) is 2.41. The molecule has 2 heterocycles. The second-order valence-electron chi connectivity index (χ2n) is 5.82. The molecular formula is C14H22N4. The molecule has 4 nitrogen and oxygen atoms in total. The molecule has 0 unspecified atom stereocenters. The van der Waals surface area contributed by atoms with Crippen LogP contribution < -0.4 is 10.6 Å². The Morgan fingerprint density at radius 1 is 1.39 bits per heavy atom. The Labute approximate surface area is 109 Å². The van der Waals surface area contributed by atoms with Crippen molar-refractivity contribution in [3.8, 4) is 0 Å². The molecule has 1 aromatic heterocycles. The van der Waals surface area contributed by atoms with Crippen LogP contribution in [-0.4, -0.2) is 23.9 Å². The molecule has 0 spiro atoms. The third-order valence-corrected chi connectivity index (χ3v) is 3.72. The fourth-order valence-electron chi connectivity index (χ4n) is 2.41. The van der Waals surface area contributed by atoms with Gasteiger partial charge >= 0.3 is 0 Å². The Kier molecular flexibility index (Phi) is 3.55. The van der Waals surface area contributed by atoms with Gasteiger partial charge in [-0.15, -0.1) is 0 Å². The summed E-state index contributed by atoms with van der Waals surface area (Å²) in [5, 5.41) is 7.48. The minimum Gasteiger partial charge on any atom is -0.384 e. The molecule has 98 valence electrons. The summed E-state index contributed by atoms with van der Waals surface area (Å²) >= 11 is 0. The highest BCUT2D eigenvalue weighted by atomic mass is 15.2. The van der Waals surface area contributed by atoms with Gasteiger partial charge in [0.05, 0.1) is 0 Å². The summed E-state index contributed by atoms with van der Waals surface area (Å²) in [6.45, 7) is 6.73. The zero-order valence-electron chi connectivity index (χ0n) is 11.2. The number of nitrogens with two attached hydrogens (primary N) is 1. The molecule has 1 aromatic rings. The van der Waals surface area contributed by atoms with E-state index in [1.165, 1.54) is 19.3 Å². The highest BCUT2D eigenvalue weighted by Crippen LogP contribution is 2.31. The molecule has 1 fully saturated rings. The highest BCUT2D eigenvalue weighted by molar-refractivity contribution is 5.95. The summed E-state index contributed by atoms with van der Waals surface area (Å²) in [5.74, 6) is 1.05. The zero-order valence-corrected chi connectivity index (χ0v) is 11.2. The molecule has 1 aliphatic rings. The van der Waals surface area contributed by atoms with Crippen LogP contribution in [0.2, 0.25) is 0 Å². The van der Waals surface area contributed by atoms with E-state index in [1.807, 2.05) is 6.07 Å². The smallest absolute Gasteiger partial charge is 0.129 e. The van der Waals surface area contributed by atoms with Gasteiger partial charge in [0.15, 0.2) is 0 Å². The number of nitrogen functional groups attached to an aromatic ring is 1. The topological polar surface area (TPSA) is 66.0 Å². The number of hydrogen-bond donors (Lipinski definition) is 2. The normalized spacial score (nSPS) is 19.3. The second kappa shape index (κ2) is 4.96.